The van der Waals surface area contributed by atoms with Crippen LogP contribution in [0.25, 0.3) is 21.9 Å². The van der Waals surface area contributed by atoms with Crippen molar-refractivity contribution < 1.29 is 31.9 Å². The van der Waals surface area contributed by atoms with Crippen LogP contribution in [0.15, 0.2) is 65.8 Å². The predicted molar refractivity (Wildman–Crippen MR) is 190 cm³/mol. The number of hydrogen-bond acceptors (Lipinski definition) is 8. The van der Waals surface area contributed by atoms with Gasteiger partial charge < -0.3 is 19.5 Å². The number of likely N-dealkylation sites (tertiary alicyclic amines) is 1. The molecule has 2 aromatic carbocycles. The van der Waals surface area contributed by atoms with E-state index in [9.17, 15) is 27.6 Å². The monoisotopic (exact) mass is 719 g/mol. The Morgan fingerprint density at radius 3 is 2.33 bits per heavy atom. The maximum Gasteiger partial charge on any atom is 0.573 e. The van der Waals surface area contributed by atoms with Gasteiger partial charge in [0.25, 0.3) is 5.56 Å². The molecule has 0 spiro atoms. The van der Waals surface area contributed by atoms with E-state index in [-0.39, 0.29) is 35.1 Å². The van der Waals surface area contributed by atoms with Crippen molar-refractivity contribution >= 4 is 33.7 Å². The van der Waals surface area contributed by atoms with Gasteiger partial charge in [0.1, 0.15) is 17.3 Å². The average molecular weight is 720 g/mol. The third-order valence-corrected chi connectivity index (χ3v) is 10.9. The van der Waals surface area contributed by atoms with Crippen LogP contribution >= 0.6 is 0 Å². The minimum Gasteiger partial charge on any atom is -0.405 e. The SMILES string of the molecule is Cn1cc(-c2ccc(CN3CCC(C4CCN(c5ccc(NC6CCC(=O)CC6=O)cc5F)CC4)CC3)c(OC(F)(F)F)c2)c2ccncc2c1=O. The van der Waals surface area contributed by atoms with Crippen LogP contribution in [0.2, 0.25) is 0 Å². The number of nitrogens with zero attached hydrogens (tertiary/aromatic N) is 4. The summed E-state index contributed by atoms with van der Waals surface area (Å²) in [5.74, 6) is 0.146. The summed E-state index contributed by atoms with van der Waals surface area (Å²) in [7, 11) is 1.60. The lowest BCUT2D eigenvalue weighted by Crippen LogP contribution is -2.41. The number of carbonyl (C=O) groups excluding carboxylic acids is 2. The third kappa shape index (κ3) is 7.84. The molecule has 52 heavy (non-hydrogen) atoms. The summed E-state index contributed by atoms with van der Waals surface area (Å²) in [6.45, 7) is 3.26. The molecule has 4 heterocycles. The summed E-state index contributed by atoms with van der Waals surface area (Å²) >= 11 is 0. The van der Waals surface area contributed by atoms with Gasteiger partial charge >= 0.3 is 6.36 Å². The quantitative estimate of drug-likeness (QED) is 0.156. The molecular weight excluding hydrogens is 678 g/mol. The highest BCUT2D eigenvalue weighted by molar-refractivity contribution is 6.05. The van der Waals surface area contributed by atoms with E-state index < -0.39 is 12.4 Å². The molecule has 1 unspecified atom stereocenters. The molecule has 1 aliphatic carbocycles. The zero-order chi connectivity index (χ0) is 36.6. The number of fused-ring (bicyclic) bond motifs is 1. The van der Waals surface area contributed by atoms with Crippen LogP contribution < -0.4 is 20.5 Å². The molecule has 4 aromatic rings. The normalized spacial score (nSPS) is 19.7. The van der Waals surface area contributed by atoms with E-state index in [1.165, 1.54) is 22.9 Å². The van der Waals surface area contributed by atoms with Crippen molar-refractivity contribution in [2.75, 3.05) is 36.4 Å². The van der Waals surface area contributed by atoms with Crippen LogP contribution in [-0.4, -0.2) is 64.6 Å². The van der Waals surface area contributed by atoms with Crippen molar-refractivity contribution in [1.29, 1.82) is 0 Å². The molecule has 2 aliphatic heterocycles. The molecule has 3 fully saturated rings. The van der Waals surface area contributed by atoms with Crippen LogP contribution in [0.1, 0.15) is 50.5 Å². The summed E-state index contributed by atoms with van der Waals surface area (Å²) in [6, 6.07) is 11.0. The topological polar surface area (TPSA) is 96.8 Å². The number of halogens is 4. The Morgan fingerprint density at radius 1 is 0.904 bits per heavy atom. The molecule has 0 bridgehead atoms. The molecule has 3 aliphatic rings. The minimum atomic E-state index is -4.87. The van der Waals surface area contributed by atoms with Gasteiger partial charge in [-0.05, 0) is 98.3 Å². The molecule has 9 nitrogen and oxygen atoms in total. The van der Waals surface area contributed by atoms with E-state index in [4.69, 9.17) is 0 Å². The Hall–Kier alpha value is -4.78. The Bertz CT molecular complexity index is 2030. The molecule has 7 rings (SSSR count). The second-order valence-electron chi connectivity index (χ2n) is 14.3. The van der Waals surface area contributed by atoms with Crippen molar-refractivity contribution in [1.82, 2.24) is 14.5 Å². The number of aryl methyl sites for hydroxylation is 1. The number of nitrogens with one attached hydrogen (secondary N) is 1. The molecule has 13 heteroatoms. The molecule has 1 N–H and O–H groups in total. The maximum atomic E-state index is 15.2. The van der Waals surface area contributed by atoms with Gasteiger partial charge in [0.05, 0.1) is 23.5 Å². The van der Waals surface area contributed by atoms with E-state index in [1.54, 1.807) is 49.8 Å². The van der Waals surface area contributed by atoms with Crippen molar-refractivity contribution in [2.45, 2.75) is 63.9 Å². The van der Waals surface area contributed by atoms with E-state index in [1.807, 2.05) is 0 Å². The fourth-order valence-corrected chi connectivity index (χ4v) is 8.13. The fourth-order valence-electron chi connectivity index (χ4n) is 8.13. The average Bonchev–Trinajstić information content (AvgIpc) is 3.12. The summed E-state index contributed by atoms with van der Waals surface area (Å²) < 4.78 is 62.0. The van der Waals surface area contributed by atoms with Gasteiger partial charge in [0.2, 0.25) is 0 Å². The number of piperidine rings is 2. The largest absolute Gasteiger partial charge is 0.573 e. The lowest BCUT2D eigenvalue weighted by molar-refractivity contribution is -0.275. The number of carbonyl (C=O) groups is 2. The number of benzene rings is 2. The van der Waals surface area contributed by atoms with E-state index >= 15 is 4.39 Å². The van der Waals surface area contributed by atoms with Crippen molar-refractivity contribution in [2.24, 2.45) is 18.9 Å². The van der Waals surface area contributed by atoms with Gasteiger partial charge in [-0.3, -0.25) is 24.3 Å². The fraction of sp³-hybridized carbons (Fsp3) is 0.436. The summed E-state index contributed by atoms with van der Waals surface area (Å²) in [4.78, 5) is 44.6. The lowest BCUT2D eigenvalue weighted by Gasteiger charge is -2.41. The van der Waals surface area contributed by atoms with E-state index in [0.29, 0.717) is 70.1 Å². The number of pyridine rings is 2. The standard InChI is InChI=1S/C39H41F4N5O4/c1-46-23-32(30-8-13-44-21-31(30)38(46)51)26-2-3-27(37(18-26)52-39(41,42)43)22-47-14-9-24(10-15-47)25-11-16-48(17-12-25)35-7-4-28(19-33(35)40)45-34-6-5-29(49)20-36(34)50/h2-4,7-8,13,18-19,21,23-25,34,45H,5-6,9-12,14-17,20,22H2,1H3. The Labute approximate surface area is 298 Å². The molecule has 2 aromatic heterocycles. The van der Waals surface area contributed by atoms with Crippen LogP contribution in [-0.2, 0) is 23.2 Å². The zero-order valence-electron chi connectivity index (χ0n) is 28.9. The van der Waals surface area contributed by atoms with Gasteiger partial charge in [-0.1, -0.05) is 12.1 Å². The highest BCUT2D eigenvalue weighted by atomic mass is 19.4. The summed E-state index contributed by atoms with van der Waals surface area (Å²) in [5, 5.41) is 4.06. The predicted octanol–water partition coefficient (Wildman–Crippen LogP) is 6.87. The number of aromatic nitrogens is 2. The summed E-state index contributed by atoms with van der Waals surface area (Å²) in [6.07, 6.45) is 4.15. The van der Waals surface area contributed by atoms with E-state index in [0.717, 1.165) is 51.9 Å². The zero-order valence-corrected chi connectivity index (χ0v) is 28.9. The van der Waals surface area contributed by atoms with Crippen molar-refractivity contribution in [3.8, 4) is 16.9 Å². The number of ether oxygens (including phenoxy) is 1. The van der Waals surface area contributed by atoms with Gasteiger partial charge in [-0.2, -0.15) is 0 Å². The van der Waals surface area contributed by atoms with Gasteiger partial charge in [-0.15, -0.1) is 13.2 Å². The number of rotatable bonds is 8. The highest BCUT2D eigenvalue weighted by Gasteiger charge is 2.34. The van der Waals surface area contributed by atoms with E-state index in [2.05, 4.69) is 24.8 Å². The number of hydrogen-bond donors (Lipinski definition) is 1. The van der Waals surface area contributed by atoms with Crippen LogP contribution in [0, 0.1) is 17.7 Å². The lowest BCUT2D eigenvalue weighted by atomic mass is 9.78. The first kappa shape index (κ1) is 35.6. The molecule has 274 valence electrons. The van der Waals surface area contributed by atoms with Crippen LogP contribution in [0.3, 0.4) is 0 Å². The summed E-state index contributed by atoms with van der Waals surface area (Å²) in [5.41, 5.74) is 2.36. The highest BCUT2D eigenvalue weighted by Crippen LogP contribution is 2.38. The third-order valence-electron chi connectivity index (χ3n) is 10.9. The number of anilines is 2. The Balaban J connectivity index is 0.957. The molecular formula is C39H41F4N5O4. The van der Waals surface area contributed by atoms with Crippen molar-refractivity contribution in [3.63, 3.8) is 0 Å². The molecule has 1 atom stereocenters. The molecule has 2 saturated heterocycles. The van der Waals surface area contributed by atoms with Gasteiger partial charge in [0.15, 0.2) is 5.78 Å². The smallest absolute Gasteiger partial charge is 0.405 e. The Morgan fingerprint density at radius 2 is 1.63 bits per heavy atom. The molecule has 0 radical (unpaired) electrons. The number of ketones is 2. The van der Waals surface area contributed by atoms with Crippen LogP contribution in [0.4, 0.5) is 28.9 Å². The second kappa shape index (κ2) is 14.7. The molecule has 0 amide bonds. The van der Waals surface area contributed by atoms with Gasteiger partial charge in [0, 0.05) is 68.5 Å². The first-order valence-electron chi connectivity index (χ1n) is 17.8. The number of alkyl halides is 3. The first-order chi connectivity index (χ1) is 24.9. The first-order valence-corrected chi connectivity index (χ1v) is 17.8. The Kier molecular flexibility index (Phi) is 10.1. The van der Waals surface area contributed by atoms with Crippen LogP contribution in [0.5, 0.6) is 5.75 Å². The maximum absolute atomic E-state index is 15.2. The second-order valence-corrected chi connectivity index (χ2v) is 14.3. The number of Topliss-reactive ketones (excluding diaryl/α,β-unsaturated/α-hetero) is 2. The van der Waals surface area contributed by atoms with Crippen molar-refractivity contribution in [3.05, 3.63) is 82.8 Å². The van der Waals surface area contributed by atoms with Gasteiger partial charge in [-0.25, -0.2) is 4.39 Å². The minimum absolute atomic E-state index is 0.0539. The molecule has 1 saturated carbocycles.